The van der Waals surface area contributed by atoms with Gasteiger partial charge in [-0.1, -0.05) is 6.08 Å². The summed E-state index contributed by atoms with van der Waals surface area (Å²) in [6.45, 7) is -0.514. The molecule has 1 aromatic heterocycles. The predicted octanol–water partition coefficient (Wildman–Crippen LogP) is 1.55. The maximum atomic E-state index is 12.5. The highest BCUT2D eigenvalue weighted by molar-refractivity contribution is 7.89. The van der Waals surface area contributed by atoms with Crippen molar-refractivity contribution < 1.29 is 21.6 Å². The number of rotatable bonds is 2. The van der Waals surface area contributed by atoms with E-state index in [4.69, 9.17) is 5.73 Å². The van der Waals surface area contributed by atoms with Crippen LogP contribution in [0.25, 0.3) is 0 Å². The van der Waals surface area contributed by atoms with Gasteiger partial charge in [-0.05, 0) is 18.6 Å². The summed E-state index contributed by atoms with van der Waals surface area (Å²) in [6.07, 6.45) is -2.77. The second-order valence-corrected chi connectivity index (χ2v) is 6.20. The van der Waals surface area contributed by atoms with Gasteiger partial charge in [0.2, 0.25) is 10.0 Å². The summed E-state index contributed by atoms with van der Waals surface area (Å²) in [5.41, 5.74) is 4.67. The number of pyridine rings is 1. The summed E-state index contributed by atoms with van der Waals surface area (Å²) in [5.74, 6) is 0.168. The van der Waals surface area contributed by atoms with Crippen molar-refractivity contribution in [2.45, 2.75) is 17.5 Å². The molecule has 0 atom stereocenters. The van der Waals surface area contributed by atoms with Crippen molar-refractivity contribution in [3.8, 4) is 0 Å². The lowest BCUT2D eigenvalue weighted by atomic mass is 10.1. The van der Waals surface area contributed by atoms with Crippen LogP contribution in [0.15, 0.2) is 34.9 Å². The lowest BCUT2D eigenvalue weighted by molar-refractivity contribution is -0.0953. The highest BCUT2D eigenvalue weighted by atomic mass is 32.2. The molecule has 9 heteroatoms. The van der Waals surface area contributed by atoms with Crippen molar-refractivity contribution in [1.29, 1.82) is 0 Å². The van der Waals surface area contributed by atoms with E-state index in [-0.39, 0.29) is 30.2 Å². The molecule has 2 N–H and O–H groups in total. The number of hydrogen-bond acceptors (Lipinski definition) is 4. The van der Waals surface area contributed by atoms with Gasteiger partial charge in [0, 0.05) is 24.9 Å². The van der Waals surface area contributed by atoms with Crippen molar-refractivity contribution in [1.82, 2.24) is 9.29 Å². The van der Waals surface area contributed by atoms with Crippen LogP contribution in [0, 0.1) is 0 Å². The molecule has 0 saturated carbocycles. The third-order valence-corrected chi connectivity index (χ3v) is 4.78. The molecule has 0 amide bonds. The Kier molecular flexibility index (Phi) is 3.74. The minimum atomic E-state index is -4.40. The summed E-state index contributed by atoms with van der Waals surface area (Å²) in [5, 5.41) is 0. The summed E-state index contributed by atoms with van der Waals surface area (Å²) in [6, 6.07) is 2.61. The van der Waals surface area contributed by atoms with Crippen LogP contribution in [0.3, 0.4) is 0 Å². The van der Waals surface area contributed by atoms with Gasteiger partial charge in [-0.25, -0.2) is 13.4 Å². The fourth-order valence-corrected chi connectivity index (χ4v) is 3.15. The van der Waals surface area contributed by atoms with Crippen molar-refractivity contribution >= 4 is 15.8 Å². The van der Waals surface area contributed by atoms with Gasteiger partial charge in [0.25, 0.3) is 0 Å². The highest BCUT2D eigenvalue weighted by Crippen LogP contribution is 2.31. The van der Waals surface area contributed by atoms with Crippen LogP contribution < -0.4 is 5.73 Å². The smallest absolute Gasteiger partial charge is 0.384 e. The van der Waals surface area contributed by atoms with Gasteiger partial charge in [0.05, 0.1) is 0 Å². The van der Waals surface area contributed by atoms with Crippen LogP contribution in [0.5, 0.6) is 0 Å². The SMILES string of the molecule is Nc1ccc(S(=O)(=O)N2CC=C(C(F)(F)F)CC2)cn1. The predicted molar refractivity (Wildman–Crippen MR) is 66.2 cm³/mol. The van der Waals surface area contributed by atoms with E-state index in [2.05, 4.69) is 4.98 Å². The molecule has 0 aliphatic carbocycles. The van der Waals surface area contributed by atoms with Gasteiger partial charge in [0.15, 0.2) is 0 Å². The molecule has 0 unspecified atom stereocenters. The number of hydrogen-bond donors (Lipinski definition) is 1. The minimum absolute atomic E-state index is 0.0874. The van der Waals surface area contributed by atoms with Crippen LogP contribution in [-0.4, -0.2) is 37.0 Å². The third-order valence-electron chi connectivity index (χ3n) is 2.93. The second-order valence-electron chi connectivity index (χ2n) is 4.26. The standard InChI is InChI=1S/C11H12F3N3O2S/c12-11(13,14)8-3-5-17(6-4-8)20(18,19)9-1-2-10(15)16-7-9/h1-3,7H,4-6H2,(H2,15,16). The Morgan fingerprint density at radius 2 is 2.00 bits per heavy atom. The average molecular weight is 307 g/mol. The maximum Gasteiger partial charge on any atom is 0.412 e. The number of nitrogens with zero attached hydrogens (tertiary/aromatic N) is 2. The lowest BCUT2D eigenvalue weighted by Crippen LogP contribution is -2.36. The molecule has 1 aliphatic rings. The number of sulfonamides is 1. The number of alkyl halides is 3. The molecule has 0 fully saturated rings. The van der Waals surface area contributed by atoms with E-state index in [1.165, 1.54) is 12.1 Å². The van der Waals surface area contributed by atoms with E-state index < -0.39 is 21.8 Å². The fraction of sp³-hybridized carbons (Fsp3) is 0.364. The first kappa shape index (κ1) is 14.8. The van der Waals surface area contributed by atoms with Gasteiger partial charge in [-0.3, -0.25) is 0 Å². The molecule has 0 spiro atoms. The summed E-state index contributed by atoms with van der Waals surface area (Å²) < 4.78 is 62.8. The molecular formula is C11H12F3N3O2S. The Morgan fingerprint density at radius 3 is 2.45 bits per heavy atom. The molecular weight excluding hydrogens is 295 g/mol. The van der Waals surface area contributed by atoms with Gasteiger partial charge in [0.1, 0.15) is 10.7 Å². The largest absolute Gasteiger partial charge is 0.412 e. The average Bonchev–Trinajstić information content (AvgIpc) is 2.38. The molecule has 20 heavy (non-hydrogen) atoms. The monoisotopic (exact) mass is 307 g/mol. The van der Waals surface area contributed by atoms with Crippen molar-refractivity contribution in [2.75, 3.05) is 18.8 Å². The quantitative estimate of drug-likeness (QED) is 0.841. The second kappa shape index (κ2) is 5.06. The Bertz CT molecular complexity index is 623. The van der Waals surface area contributed by atoms with Crippen molar-refractivity contribution in [2.24, 2.45) is 0 Å². The number of halogens is 3. The molecule has 5 nitrogen and oxygen atoms in total. The minimum Gasteiger partial charge on any atom is -0.384 e. The first-order valence-corrected chi connectivity index (χ1v) is 7.13. The summed E-state index contributed by atoms with van der Waals surface area (Å²) in [7, 11) is -3.84. The molecule has 0 saturated heterocycles. The van der Waals surface area contributed by atoms with E-state index >= 15 is 0 Å². The Hall–Kier alpha value is -1.61. The van der Waals surface area contributed by atoms with E-state index in [9.17, 15) is 21.6 Å². The molecule has 0 aromatic carbocycles. The lowest BCUT2D eigenvalue weighted by Gasteiger charge is -2.26. The zero-order valence-electron chi connectivity index (χ0n) is 10.3. The van der Waals surface area contributed by atoms with Crippen LogP contribution >= 0.6 is 0 Å². The Balaban J connectivity index is 2.21. The summed E-state index contributed by atoms with van der Waals surface area (Å²) >= 11 is 0. The Labute approximate surface area is 114 Å². The number of nitrogens with two attached hydrogens (primary N) is 1. The molecule has 110 valence electrons. The number of aromatic nitrogens is 1. The molecule has 1 aliphatic heterocycles. The van der Waals surface area contributed by atoms with Crippen LogP contribution in [0.2, 0.25) is 0 Å². The van der Waals surface area contributed by atoms with Crippen LogP contribution in [-0.2, 0) is 10.0 Å². The molecule has 0 bridgehead atoms. The normalized spacial score (nSPS) is 17.9. The molecule has 0 radical (unpaired) electrons. The first-order chi connectivity index (χ1) is 9.21. The van der Waals surface area contributed by atoms with Crippen LogP contribution in [0.1, 0.15) is 6.42 Å². The highest BCUT2D eigenvalue weighted by Gasteiger charge is 2.37. The van der Waals surface area contributed by atoms with E-state index in [0.29, 0.717) is 0 Å². The molecule has 2 rings (SSSR count). The van der Waals surface area contributed by atoms with E-state index in [1.54, 1.807) is 0 Å². The van der Waals surface area contributed by atoms with Gasteiger partial charge in [-0.15, -0.1) is 0 Å². The fourth-order valence-electron chi connectivity index (χ4n) is 1.82. The van der Waals surface area contributed by atoms with Crippen LogP contribution in [0.4, 0.5) is 19.0 Å². The molecule has 1 aromatic rings. The zero-order chi connectivity index (χ0) is 15.0. The first-order valence-electron chi connectivity index (χ1n) is 5.69. The van der Waals surface area contributed by atoms with E-state index in [0.717, 1.165) is 16.6 Å². The van der Waals surface area contributed by atoms with Crippen molar-refractivity contribution in [3.63, 3.8) is 0 Å². The maximum absolute atomic E-state index is 12.5. The molecule has 2 heterocycles. The van der Waals surface area contributed by atoms with Crippen molar-refractivity contribution in [3.05, 3.63) is 30.0 Å². The zero-order valence-corrected chi connectivity index (χ0v) is 11.1. The van der Waals surface area contributed by atoms with Gasteiger partial charge in [-0.2, -0.15) is 17.5 Å². The van der Waals surface area contributed by atoms with E-state index in [1.807, 2.05) is 0 Å². The van der Waals surface area contributed by atoms with Gasteiger partial charge >= 0.3 is 6.18 Å². The Morgan fingerprint density at radius 1 is 1.30 bits per heavy atom. The third kappa shape index (κ3) is 2.93. The number of anilines is 1. The summed E-state index contributed by atoms with van der Waals surface area (Å²) in [4.78, 5) is 3.58. The van der Waals surface area contributed by atoms with Gasteiger partial charge < -0.3 is 5.73 Å². The topological polar surface area (TPSA) is 76.3 Å². The number of nitrogen functional groups attached to an aromatic ring is 1.